The van der Waals surface area contributed by atoms with E-state index in [0.29, 0.717) is 12.5 Å². The number of benzene rings is 1. The van der Waals surface area contributed by atoms with E-state index in [1.165, 1.54) is 6.07 Å². The van der Waals surface area contributed by atoms with E-state index in [1.807, 2.05) is 20.4 Å². The van der Waals surface area contributed by atoms with E-state index < -0.39 is 40.4 Å². The summed E-state index contributed by atoms with van der Waals surface area (Å²) in [5, 5.41) is 12.3. The van der Waals surface area contributed by atoms with Gasteiger partial charge in [-0.05, 0) is 43.7 Å². The molecule has 33 heavy (non-hydrogen) atoms. The number of hydrogen-bond donors (Lipinski definition) is 1. The molecular formula is C21H19F3N5O3P. The van der Waals surface area contributed by atoms with Crippen molar-refractivity contribution in [2.75, 3.05) is 0 Å². The summed E-state index contributed by atoms with van der Waals surface area (Å²) in [7, 11) is 1.91. The lowest BCUT2D eigenvalue weighted by Gasteiger charge is -2.19. The van der Waals surface area contributed by atoms with Gasteiger partial charge < -0.3 is 4.74 Å². The lowest BCUT2D eigenvalue weighted by atomic mass is 10.1. The first-order valence-corrected chi connectivity index (χ1v) is 10.1. The summed E-state index contributed by atoms with van der Waals surface area (Å²) in [6.45, 7) is 3.03. The average Bonchev–Trinajstić information content (AvgIpc) is 2.70. The largest absolute Gasteiger partial charge is 0.449 e. The zero-order valence-corrected chi connectivity index (χ0v) is 19.0. The molecular weight excluding hydrogens is 458 g/mol. The molecule has 0 aliphatic carbocycles. The molecule has 0 aliphatic heterocycles. The van der Waals surface area contributed by atoms with Crippen molar-refractivity contribution in [3.63, 3.8) is 0 Å². The van der Waals surface area contributed by atoms with Crippen LogP contribution in [0.15, 0.2) is 40.2 Å². The number of nitriles is 1. The monoisotopic (exact) mass is 477 g/mol. The van der Waals surface area contributed by atoms with Crippen molar-refractivity contribution < 1.29 is 17.9 Å². The van der Waals surface area contributed by atoms with Gasteiger partial charge in [-0.25, -0.2) is 14.5 Å². The van der Waals surface area contributed by atoms with Gasteiger partial charge in [-0.3, -0.25) is 14.2 Å². The Hall–Kier alpha value is -3.51. The minimum atomic E-state index is -3.32. The highest BCUT2D eigenvalue weighted by atomic mass is 31.0. The lowest BCUT2D eigenvalue weighted by Crippen LogP contribution is -2.29. The van der Waals surface area contributed by atoms with Crippen LogP contribution in [0.3, 0.4) is 0 Å². The molecule has 1 N–H and O–H groups in total. The molecule has 2 heterocycles. The third-order valence-electron chi connectivity index (χ3n) is 4.53. The fourth-order valence-electron chi connectivity index (χ4n) is 2.98. The maximum Gasteiger partial charge on any atom is 0.297 e. The number of aryl methyl sites for hydroxylation is 1. The number of H-pyrrole nitrogens is 1. The van der Waals surface area contributed by atoms with Crippen LogP contribution in [0.5, 0.6) is 11.5 Å². The van der Waals surface area contributed by atoms with E-state index in [-0.39, 0.29) is 22.6 Å². The number of nitrogens with one attached hydrogen (secondary N) is 1. The Balaban J connectivity index is 2.12. The number of alkyl halides is 3. The molecule has 0 fully saturated rings. The van der Waals surface area contributed by atoms with Crippen molar-refractivity contribution >= 4 is 9.24 Å². The summed E-state index contributed by atoms with van der Waals surface area (Å²) in [4.78, 5) is 29.2. The standard InChI is InChI=1S/C21H19F3N5O3P/c1-11-4-12(8-25)6-14(5-11)32-16-17(21(3,24)33)26-10-29(19(16)31)9-13-7-15(20(2,22)23)27-28-18(13)30/h4-7,10H,9,33H2,1-3H3,(H,28,30). The van der Waals surface area contributed by atoms with Gasteiger partial charge in [-0.1, -0.05) is 9.24 Å². The Kier molecular flexibility index (Phi) is 6.43. The number of aromatic amines is 1. The SMILES string of the molecule is Cc1cc(C#N)cc(Oc2c(C(C)(F)P)ncn(Cc3cc(C(C)(F)F)n[nH]c3=O)c2=O)c1. The molecule has 0 saturated heterocycles. The summed E-state index contributed by atoms with van der Waals surface area (Å²) in [5.74, 6) is -3.69. The van der Waals surface area contributed by atoms with Gasteiger partial charge in [0, 0.05) is 12.5 Å². The number of rotatable bonds is 6. The molecule has 0 radical (unpaired) electrons. The molecule has 0 bridgehead atoms. The number of aromatic nitrogens is 4. The highest BCUT2D eigenvalue weighted by molar-refractivity contribution is 7.18. The molecule has 0 saturated carbocycles. The second kappa shape index (κ2) is 8.79. The van der Waals surface area contributed by atoms with Crippen LogP contribution in [-0.2, 0) is 17.9 Å². The fourth-order valence-corrected chi connectivity index (χ4v) is 3.19. The molecule has 0 spiro atoms. The Bertz CT molecular complexity index is 1370. The van der Waals surface area contributed by atoms with Crippen LogP contribution in [0.4, 0.5) is 13.2 Å². The maximum atomic E-state index is 14.8. The predicted molar refractivity (Wildman–Crippen MR) is 116 cm³/mol. The number of halogens is 3. The fraction of sp³-hybridized carbons (Fsp3) is 0.286. The third kappa shape index (κ3) is 5.46. The van der Waals surface area contributed by atoms with Crippen LogP contribution in [0, 0.1) is 18.3 Å². The summed E-state index contributed by atoms with van der Waals surface area (Å²) < 4.78 is 48.6. The third-order valence-corrected chi connectivity index (χ3v) is 4.80. The molecule has 8 nitrogen and oxygen atoms in total. The molecule has 3 rings (SSSR count). The first-order valence-electron chi connectivity index (χ1n) is 9.54. The molecule has 0 aliphatic rings. The second-order valence-electron chi connectivity index (χ2n) is 7.68. The van der Waals surface area contributed by atoms with Gasteiger partial charge in [0.05, 0.1) is 24.5 Å². The Morgan fingerprint density at radius 3 is 2.52 bits per heavy atom. The van der Waals surface area contributed by atoms with Crippen molar-refractivity contribution in [2.24, 2.45) is 0 Å². The first-order chi connectivity index (χ1) is 15.3. The van der Waals surface area contributed by atoms with Crippen LogP contribution in [0.25, 0.3) is 0 Å². The van der Waals surface area contributed by atoms with Crippen molar-refractivity contribution in [3.8, 4) is 17.6 Å². The predicted octanol–water partition coefficient (Wildman–Crippen LogP) is 3.48. The number of ether oxygens (including phenoxy) is 1. The molecule has 2 atom stereocenters. The van der Waals surface area contributed by atoms with Crippen LogP contribution in [-0.4, -0.2) is 19.7 Å². The van der Waals surface area contributed by atoms with Gasteiger partial charge in [-0.2, -0.15) is 19.1 Å². The van der Waals surface area contributed by atoms with E-state index >= 15 is 0 Å². The smallest absolute Gasteiger partial charge is 0.297 e. The minimum Gasteiger partial charge on any atom is -0.449 e. The van der Waals surface area contributed by atoms with Gasteiger partial charge in [-0.15, -0.1) is 0 Å². The van der Waals surface area contributed by atoms with Crippen LogP contribution >= 0.6 is 9.24 Å². The average molecular weight is 477 g/mol. The highest BCUT2D eigenvalue weighted by Gasteiger charge is 2.30. The minimum absolute atomic E-state index is 0.105. The summed E-state index contributed by atoms with van der Waals surface area (Å²) in [6.07, 6.45) is 0.993. The summed E-state index contributed by atoms with van der Waals surface area (Å²) in [6, 6.07) is 7.35. The molecule has 2 aromatic heterocycles. The van der Waals surface area contributed by atoms with Gasteiger partial charge in [0.2, 0.25) is 5.75 Å². The van der Waals surface area contributed by atoms with Crippen LogP contribution in [0.1, 0.15) is 41.9 Å². The molecule has 2 unspecified atom stereocenters. The van der Waals surface area contributed by atoms with E-state index in [1.54, 1.807) is 19.1 Å². The Morgan fingerprint density at radius 1 is 1.21 bits per heavy atom. The van der Waals surface area contributed by atoms with Gasteiger partial charge in [0.1, 0.15) is 17.1 Å². The number of hydrogen-bond acceptors (Lipinski definition) is 6. The van der Waals surface area contributed by atoms with E-state index in [2.05, 4.69) is 10.1 Å². The molecule has 12 heteroatoms. The Morgan fingerprint density at radius 2 is 1.91 bits per heavy atom. The Labute approximate surface area is 188 Å². The summed E-state index contributed by atoms with van der Waals surface area (Å²) in [5.41, 5.74) is -1.90. The maximum absolute atomic E-state index is 14.8. The quantitative estimate of drug-likeness (QED) is 0.544. The van der Waals surface area contributed by atoms with Crippen LogP contribution in [0.2, 0.25) is 0 Å². The van der Waals surface area contributed by atoms with E-state index in [4.69, 9.17) is 10.00 Å². The van der Waals surface area contributed by atoms with Gasteiger partial charge in [0.25, 0.3) is 17.0 Å². The van der Waals surface area contributed by atoms with Gasteiger partial charge >= 0.3 is 0 Å². The van der Waals surface area contributed by atoms with Crippen molar-refractivity contribution in [1.82, 2.24) is 19.7 Å². The molecule has 3 aromatic rings. The zero-order chi connectivity index (χ0) is 24.6. The second-order valence-corrected chi connectivity index (χ2v) is 8.76. The zero-order valence-electron chi connectivity index (χ0n) is 17.8. The topological polar surface area (TPSA) is 114 Å². The molecule has 1 aromatic carbocycles. The number of nitrogens with zero attached hydrogens (tertiary/aromatic N) is 4. The van der Waals surface area contributed by atoms with E-state index in [9.17, 15) is 22.8 Å². The lowest BCUT2D eigenvalue weighted by molar-refractivity contribution is 0.0116. The van der Waals surface area contributed by atoms with E-state index in [0.717, 1.165) is 23.9 Å². The van der Waals surface area contributed by atoms with Gasteiger partial charge in [0.15, 0.2) is 5.41 Å². The normalized spacial score (nSPS) is 13.3. The van der Waals surface area contributed by atoms with Crippen LogP contribution < -0.4 is 15.9 Å². The van der Waals surface area contributed by atoms with Crippen molar-refractivity contribution in [1.29, 1.82) is 5.26 Å². The van der Waals surface area contributed by atoms with Crippen molar-refractivity contribution in [2.45, 2.75) is 38.6 Å². The summed E-state index contributed by atoms with van der Waals surface area (Å²) >= 11 is 0. The molecule has 0 amide bonds. The van der Waals surface area contributed by atoms with Crippen molar-refractivity contribution in [3.05, 3.63) is 79.4 Å². The first kappa shape index (κ1) is 24.1. The highest BCUT2D eigenvalue weighted by Crippen LogP contribution is 2.37. The molecule has 172 valence electrons.